The van der Waals surface area contributed by atoms with Gasteiger partial charge < -0.3 is 10.4 Å². The molecule has 4 aliphatic carbocycles. The van der Waals surface area contributed by atoms with Gasteiger partial charge in [-0.3, -0.25) is 0 Å². The van der Waals surface area contributed by atoms with Gasteiger partial charge in [-0.2, -0.15) is 0 Å². The Bertz CT molecular complexity index is 778. The van der Waals surface area contributed by atoms with Crippen molar-refractivity contribution in [2.45, 2.75) is 110 Å². The number of nitrogens with one attached hydrogen (secondary N) is 1. The minimum atomic E-state index is -0.355. The van der Waals surface area contributed by atoms with Crippen molar-refractivity contribution >= 4 is 0 Å². The molecular formula is C30H47NO. The standard InChI is InChI=1S/C30H47NO/c1-5-30(32)18-16-24-23(19-30)11-12-26-25(24)15-17-29(4)27(13-14-28(26)29)21(3)31-20(2)22-9-7-6-8-10-22/h6-10,20-21,23-28,31-32H,5,11-19H2,1-4H3/t20-,21-,23-,24+,25-,26-,27?,28+,29-,30-/m1/s1. The van der Waals surface area contributed by atoms with Gasteiger partial charge in [-0.05, 0) is 125 Å². The van der Waals surface area contributed by atoms with Gasteiger partial charge in [0.1, 0.15) is 0 Å². The van der Waals surface area contributed by atoms with E-state index in [1.54, 1.807) is 0 Å². The Morgan fingerprint density at radius 3 is 2.44 bits per heavy atom. The van der Waals surface area contributed by atoms with Crippen molar-refractivity contribution in [3.05, 3.63) is 35.9 Å². The topological polar surface area (TPSA) is 32.3 Å². The summed E-state index contributed by atoms with van der Waals surface area (Å²) in [5.74, 6) is 5.32. The predicted molar refractivity (Wildman–Crippen MR) is 133 cm³/mol. The van der Waals surface area contributed by atoms with Crippen LogP contribution in [0.15, 0.2) is 30.3 Å². The van der Waals surface area contributed by atoms with Gasteiger partial charge in [-0.25, -0.2) is 0 Å². The maximum absolute atomic E-state index is 10.9. The molecule has 178 valence electrons. The van der Waals surface area contributed by atoms with Gasteiger partial charge in [0.25, 0.3) is 0 Å². The smallest absolute Gasteiger partial charge is 0.0648 e. The van der Waals surface area contributed by atoms with Crippen molar-refractivity contribution < 1.29 is 5.11 Å². The van der Waals surface area contributed by atoms with Gasteiger partial charge in [-0.15, -0.1) is 0 Å². The van der Waals surface area contributed by atoms with Crippen LogP contribution >= 0.6 is 0 Å². The molecular weight excluding hydrogens is 390 g/mol. The van der Waals surface area contributed by atoms with E-state index in [9.17, 15) is 5.11 Å². The van der Waals surface area contributed by atoms with E-state index >= 15 is 0 Å². The van der Waals surface area contributed by atoms with Crippen molar-refractivity contribution in [1.82, 2.24) is 5.32 Å². The number of hydrogen-bond acceptors (Lipinski definition) is 2. The third-order valence-electron chi connectivity index (χ3n) is 11.3. The number of hydrogen-bond donors (Lipinski definition) is 2. The zero-order chi connectivity index (χ0) is 22.5. The zero-order valence-electron chi connectivity index (χ0n) is 21.0. The van der Waals surface area contributed by atoms with E-state index < -0.39 is 0 Å². The molecule has 2 heteroatoms. The van der Waals surface area contributed by atoms with E-state index in [2.05, 4.69) is 63.3 Å². The molecule has 1 aromatic carbocycles. The summed E-state index contributed by atoms with van der Waals surface area (Å²) in [6, 6.07) is 11.9. The molecule has 10 atom stereocenters. The van der Waals surface area contributed by atoms with Crippen LogP contribution in [-0.2, 0) is 0 Å². The first-order chi connectivity index (χ1) is 15.3. The first kappa shape index (κ1) is 22.9. The quantitative estimate of drug-likeness (QED) is 0.513. The summed E-state index contributed by atoms with van der Waals surface area (Å²) in [6.07, 6.45) is 12.9. The Hall–Kier alpha value is -0.860. The normalized spacial score (nSPS) is 45.4. The summed E-state index contributed by atoms with van der Waals surface area (Å²) < 4.78 is 0. The molecule has 5 rings (SSSR count). The maximum Gasteiger partial charge on any atom is 0.0648 e. The summed E-state index contributed by atoms with van der Waals surface area (Å²) >= 11 is 0. The molecule has 1 aromatic rings. The van der Waals surface area contributed by atoms with E-state index in [-0.39, 0.29) is 5.60 Å². The number of rotatable bonds is 5. The minimum Gasteiger partial charge on any atom is -0.390 e. The summed E-state index contributed by atoms with van der Waals surface area (Å²) in [7, 11) is 0. The van der Waals surface area contributed by atoms with E-state index in [4.69, 9.17) is 0 Å². The lowest BCUT2D eigenvalue weighted by Crippen LogP contribution is -2.52. The van der Waals surface area contributed by atoms with Gasteiger partial charge in [0.15, 0.2) is 0 Å². The van der Waals surface area contributed by atoms with Crippen LogP contribution in [0.4, 0.5) is 0 Å². The highest BCUT2D eigenvalue weighted by Gasteiger charge is 2.58. The summed E-state index contributed by atoms with van der Waals surface area (Å²) in [4.78, 5) is 0. The van der Waals surface area contributed by atoms with Crippen LogP contribution in [0, 0.1) is 40.9 Å². The first-order valence-electron chi connectivity index (χ1n) is 13.9. The Morgan fingerprint density at radius 1 is 0.938 bits per heavy atom. The first-order valence-corrected chi connectivity index (χ1v) is 13.9. The monoisotopic (exact) mass is 437 g/mol. The molecule has 4 saturated carbocycles. The van der Waals surface area contributed by atoms with Crippen LogP contribution in [0.1, 0.15) is 104 Å². The second-order valence-electron chi connectivity index (χ2n) is 12.6. The van der Waals surface area contributed by atoms with Crippen LogP contribution in [0.2, 0.25) is 0 Å². The Labute approximate surface area is 197 Å². The van der Waals surface area contributed by atoms with Gasteiger partial charge in [-0.1, -0.05) is 44.2 Å². The Kier molecular flexibility index (Phi) is 6.25. The fraction of sp³-hybridized carbons (Fsp3) is 0.800. The maximum atomic E-state index is 10.9. The van der Waals surface area contributed by atoms with E-state index in [1.807, 2.05) is 0 Å². The SMILES string of the molecule is CC[C@@]1(O)CC[C@H]2[C@H](CC[C@@H]3[C@@H]2CC[C@]2(C)C([C@@H](C)N[C@H](C)c4ccccc4)CC[C@@H]32)C1. The van der Waals surface area contributed by atoms with Gasteiger partial charge in [0, 0.05) is 12.1 Å². The van der Waals surface area contributed by atoms with Crippen molar-refractivity contribution in [3.63, 3.8) is 0 Å². The molecule has 0 heterocycles. The molecule has 0 aliphatic heterocycles. The molecule has 0 radical (unpaired) electrons. The largest absolute Gasteiger partial charge is 0.390 e. The molecule has 4 fully saturated rings. The molecule has 4 aliphatic rings. The lowest BCUT2D eigenvalue weighted by molar-refractivity contribution is -0.108. The van der Waals surface area contributed by atoms with E-state index in [1.165, 1.54) is 50.5 Å². The van der Waals surface area contributed by atoms with E-state index in [0.717, 1.165) is 54.8 Å². The van der Waals surface area contributed by atoms with Gasteiger partial charge in [0.2, 0.25) is 0 Å². The van der Waals surface area contributed by atoms with Crippen LogP contribution in [0.5, 0.6) is 0 Å². The van der Waals surface area contributed by atoms with Crippen molar-refractivity contribution in [1.29, 1.82) is 0 Å². The van der Waals surface area contributed by atoms with Crippen LogP contribution in [-0.4, -0.2) is 16.7 Å². The van der Waals surface area contributed by atoms with Crippen LogP contribution < -0.4 is 5.32 Å². The minimum absolute atomic E-state index is 0.355. The van der Waals surface area contributed by atoms with Crippen LogP contribution in [0.3, 0.4) is 0 Å². The van der Waals surface area contributed by atoms with Crippen molar-refractivity contribution in [2.75, 3.05) is 0 Å². The average Bonchev–Trinajstić information content (AvgIpc) is 3.16. The van der Waals surface area contributed by atoms with Crippen LogP contribution in [0.25, 0.3) is 0 Å². The van der Waals surface area contributed by atoms with Crippen molar-refractivity contribution in [3.8, 4) is 0 Å². The molecule has 0 amide bonds. The fourth-order valence-corrected chi connectivity index (χ4v) is 9.49. The highest BCUT2D eigenvalue weighted by molar-refractivity contribution is 5.18. The lowest BCUT2D eigenvalue weighted by Gasteiger charge is -2.57. The molecule has 32 heavy (non-hydrogen) atoms. The van der Waals surface area contributed by atoms with Gasteiger partial charge >= 0.3 is 0 Å². The second kappa shape index (κ2) is 8.73. The number of benzene rings is 1. The van der Waals surface area contributed by atoms with Gasteiger partial charge in [0.05, 0.1) is 5.60 Å². The molecule has 0 saturated heterocycles. The van der Waals surface area contributed by atoms with E-state index in [0.29, 0.717) is 17.5 Å². The highest BCUT2D eigenvalue weighted by Crippen LogP contribution is 2.65. The molecule has 2 N–H and O–H groups in total. The second-order valence-corrected chi connectivity index (χ2v) is 12.6. The predicted octanol–water partition coefficient (Wildman–Crippen LogP) is 7.14. The molecule has 2 nitrogen and oxygen atoms in total. The Morgan fingerprint density at radius 2 is 1.69 bits per heavy atom. The Balaban J connectivity index is 1.27. The average molecular weight is 438 g/mol. The molecule has 0 bridgehead atoms. The lowest BCUT2D eigenvalue weighted by atomic mass is 9.48. The zero-order valence-corrected chi connectivity index (χ0v) is 21.0. The summed E-state index contributed by atoms with van der Waals surface area (Å²) in [5, 5.41) is 15.0. The molecule has 0 spiro atoms. The summed E-state index contributed by atoms with van der Waals surface area (Å²) in [6.45, 7) is 9.65. The summed E-state index contributed by atoms with van der Waals surface area (Å²) in [5.41, 5.74) is 1.56. The third-order valence-corrected chi connectivity index (χ3v) is 11.3. The third kappa shape index (κ3) is 3.88. The molecule has 0 aromatic heterocycles. The fourth-order valence-electron chi connectivity index (χ4n) is 9.49. The molecule has 1 unspecified atom stereocenters. The van der Waals surface area contributed by atoms with Crippen molar-refractivity contribution in [2.24, 2.45) is 40.9 Å². The highest BCUT2D eigenvalue weighted by atomic mass is 16.3. The number of fused-ring (bicyclic) bond motifs is 5. The number of aliphatic hydroxyl groups is 1.